The summed E-state index contributed by atoms with van der Waals surface area (Å²) >= 11 is 0. The fourth-order valence-electron chi connectivity index (χ4n) is 2.65. The van der Waals surface area contributed by atoms with E-state index in [1.165, 1.54) is 4.31 Å². The molecular formula is C16H18N2O3S. The van der Waals surface area contributed by atoms with Crippen LogP contribution in [0.4, 0.5) is 11.4 Å². The van der Waals surface area contributed by atoms with Crippen LogP contribution in [-0.4, -0.2) is 15.5 Å². The third-order valence-electron chi connectivity index (χ3n) is 3.97. The molecule has 6 heteroatoms. The van der Waals surface area contributed by atoms with E-state index in [1.807, 2.05) is 43.3 Å². The third-order valence-corrected chi connectivity index (χ3v) is 5.62. The van der Waals surface area contributed by atoms with E-state index >= 15 is 0 Å². The van der Waals surface area contributed by atoms with Crippen LogP contribution >= 0.6 is 0 Å². The molecule has 0 aromatic heterocycles. The molecule has 22 heavy (non-hydrogen) atoms. The van der Waals surface area contributed by atoms with E-state index in [9.17, 15) is 8.42 Å². The fourth-order valence-corrected chi connectivity index (χ4v) is 4.29. The maximum Gasteiger partial charge on any atom is 0.239 e. The fraction of sp³-hybridized carbons (Fsp3) is 0.250. The Morgan fingerprint density at radius 1 is 1.18 bits per heavy atom. The zero-order valence-electron chi connectivity index (χ0n) is 12.5. The lowest BCUT2D eigenvalue weighted by Crippen LogP contribution is -2.26. The predicted molar refractivity (Wildman–Crippen MR) is 87.4 cm³/mol. The third kappa shape index (κ3) is 2.39. The van der Waals surface area contributed by atoms with Gasteiger partial charge in [-0.15, -0.1) is 0 Å². The highest BCUT2D eigenvalue weighted by molar-refractivity contribution is 7.92. The molecule has 0 aliphatic carbocycles. The Labute approximate surface area is 130 Å². The van der Waals surface area contributed by atoms with Crippen molar-refractivity contribution in [2.75, 3.05) is 17.1 Å². The molecule has 0 bridgehead atoms. The van der Waals surface area contributed by atoms with Crippen LogP contribution in [0.5, 0.6) is 5.75 Å². The first-order valence-electron chi connectivity index (χ1n) is 6.93. The van der Waals surface area contributed by atoms with Gasteiger partial charge in [0, 0.05) is 11.3 Å². The van der Waals surface area contributed by atoms with Crippen LogP contribution in [0.2, 0.25) is 0 Å². The van der Waals surface area contributed by atoms with E-state index < -0.39 is 10.0 Å². The number of ether oxygens (including phenoxy) is 1. The first-order chi connectivity index (χ1) is 10.4. The van der Waals surface area contributed by atoms with Crippen molar-refractivity contribution in [3.8, 4) is 5.75 Å². The minimum atomic E-state index is -3.38. The first-order valence-corrected chi connectivity index (χ1v) is 8.54. The summed E-state index contributed by atoms with van der Waals surface area (Å²) in [6, 6.07) is 11.1. The van der Waals surface area contributed by atoms with Crippen molar-refractivity contribution < 1.29 is 13.2 Å². The Hall–Kier alpha value is -2.21. The lowest BCUT2D eigenvalue weighted by molar-refractivity contribution is 0.414. The highest BCUT2D eigenvalue weighted by Gasteiger charge is 2.34. The molecule has 2 N–H and O–H groups in total. The molecule has 1 aliphatic rings. The minimum absolute atomic E-state index is 0.0357. The predicted octanol–water partition coefficient (Wildman–Crippen LogP) is 2.44. The Morgan fingerprint density at radius 3 is 2.50 bits per heavy atom. The summed E-state index contributed by atoms with van der Waals surface area (Å²) < 4.78 is 31.5. The Bertz CT molecular complexity index is 814. The maximum atomic E-state index is 12.5. The standard InChI is InChI=1S/C16H18N2O3S/c1-11-3-8-15-14(16(11)17)10-22(19,20)18(15)9-12-4-6-13(21-2)7-5-12/h3-8H,9-10,17H2,1-2H3. The number of sulfonamides is 1. The van der Waals surface area contributed by atoms with Gasteiger partial charge in [-0.3, -0.25) is 4.31 Å². The molecule has 2 aromatic rings. The van der Waals surface area contributed by atoms with Crippen molar-refractivity contribution in [1.82, 2.24) is 0 Å². The second-order valence-corrected chi connectivity index (χ2v) is 7.30. The summed E-state index contributed by atoms with van der Waals surface area (Å²) in [5, 5.41) is 0. The van der Waals surface area contributed by atoms with Crippen LogP contribution < -0.4 is 14.8 Å². The van der Waals surface area contributed by atoms with Crippen molar-refractivity contribution in [2.24, 2.45) is 0 Å². The van der Waals surface area contributed by atoms with Gasteiger partial charge in [0.15, 0.2) is 0 Å². The lowest BCUT2D eigenvalue weighted by Gasteiger charge is -2.19. The lowest BCUT2D eigenvalue weighted by atomic mass is 10.1. The number of hydrogen-bond acceptors (Lipinski definition) is 4. The number of aryl methyl sites for hydroxylation is 1. The molecule has 0 radical (unpaired) electrons. The Balaban J connectivity index is 1.98. The summed E-state index contributed by atoms with van der Waals surface area (Å²) in [4.78, 5) is 0. The SMILES string of the molecule is COc1ccc(CN2c3ccc(C)c(N)c3CS2(=O)=O)cc1. The van der Waals surface area contributed by atoms with Crippen LogP contribution in [0.25, 0.3) is 0 Å². The van der Waals surface area contributed by atoms with E-state index in [0.29, 0.717) is 23.5 Å². The number of anilines is 2. The summed E-state index contributed by atoms with van der Waals surface area (Å²) in [5.41, 5.74) is 9.79. The van der Waals surface area contributed by atoms with Gasteiger partial charge in [-0.25, -0.2) is 8.42 Å². The molecule has 0 fully saturated rings. The summed E-state index contributed by atoms with van der Waals surface area (Å²) in [6.07, 6.45) is 0. The molecular weight excluding hydrogens is 300 g/mol. The van der Waals surface area contributed by atoms with Crippen molar-refractivity contribution in [3.63, 3.8) is 0 Å². The zero-order chi connectivity index (χ0) is 15.9. The number of hydrogen-bond donors (Lipinski definition) is 1. The van der Waals surface area contributed by atoms with Gasteiger partial charge >= 0.3 is 0 Å². The number of benzene rings is 2. The smallest absolute Gasteiger partial charge is 0.239 e. The van der Waals surface area contributed by atoms with Gasteiger partial charge in [-0.05, 0) is 36.2 Å². The molecule has 0 unspecified atom stereocenters. The number of rotatable bonds is 3. The molecule has 1 aliphatic heterocycles. The van der Waals surface area contributed by atoms with Crippen LogP contribution in [0.3, 0.4) is 0 Å². The molecule has 1 heterocycles. The molecule has 0 spiro atoms. The summed E-state index contributed by atoms with van der Waals surface area (Å²) in [6.45, 7) is 2.18. The maximum absolute atomic E-state index is 12.5. The number of methoxy groups -OCH3 is 1. The molecule has 3 rings (SSSR count). The Kier molecular flexibility index (Phi) is 3.48. The number of nitrogens with zero attached hydrogens (tertiary/aromatic N) is 1. The van der Waals surface area contributed by atoms with E-state index in [2.05, 4.69) is 0 Å². The van der Waals surface area contributed by atoms with Gasteiger partial charge in [-0.1, -0.05) is 18.2 Å². The number of nitrogen functional groups attached to an aromatic ring is 1. The first kappa shape index (κ1) is 14.7. The van der Waals surface area contributed by atoms with Gasteiger partial charge in [0.2, 0.25) is 10.0 Å². The van der Waals surface area contributed by atoms with Crippen LogP contribution in [0.15, 0.2) is 36.4 Å². The quantitative estimate of drug-likeness (QED) is 0.882. The molecule has 0 saturated carbocycles. The highest BCUT2D eigenvalue weighted by atomic mass is 32.2. The van der Waals surface area contributed by atoms with E-state index in [0.717, 1.165) is 16.9 Å². The summed E-state index contributed by atoms with van der Waals surface area (Å²) in [7, 11) is -1.78. The molecule has 5 nitrogen and oxygen atoms in total. The number of fused-ring (bicyclic) bond motifs is 1. The summed E-state index contributed by atoms with van der Waals surface area (Å²) in [5.74, 6) is 0.708. The Morgan fingerprint density at radius 2 is 1.86 bits per heavy atom. The average Bonchev–Trinajstić information content (AvgIpc) is 2.76. The highest BCUT2D eigenvalue weighted by Crippen LogP contribution is 2.39. The van der Waals surface area contributed by atoms with Crippen molar-refractivity contribution in [3.05, 3.63) is 53.1 Å². The molecule has 0 atom stereocenters. The van der Waals surface area contributed by atoms with Gasteiger partial charge in [0.05, 0.1) is 25.1 Å². The molecule has 0 amide bonds. The van der Waals surface area contributed by atoms with Crippen LogP contribution in [0, 0.1) is 6.92 Å². The second-order valence-electron chi connectivity index (χ2n) is 5.40. The molecule has 0 saturated heterocycles. The zero-order valence-corrected chi connectivity index (χ0v) is 13.4. The van der Waals surface area contributed by atoms with Gasteiger partial charge in [0.1, 0.15) is 5.75 Å². The van der Waals surface area contributed by atoms with Crippen molar-refractivity contribution in [2.45, 2.75) is 19.2 Å². The monoisotopic (exact) mass is 318 g/mol. The van der Waals surface area contributed by atoms with E-state index in [4.69, 9.17) is 10.5 Å². The molecule has 116 valence electrons. The van der Waals surface area contributed by atoms with Crippen LogP contribution in [0.1, 0.15) is 16.7 Å². The van der Waals surface area contributed by atoms with Crippen molar-refractivity contribution >= 4 is 21.4 Å². The second kappa shape index (κ2) is 5.21. The van der Waals surface area contributed by atoms with E-state index in [1.54, 1.807) is 7.11 Å². The average molecular weight is 318 g/mol. The van der Waals surface area contributed by atoms with Crippen molar-refractivity contribution in [1.29, 1.82) is 0 Å². The van der Waals surface area contributed by atoms with Gasteiger partial charge < -0.3 is 10.5 Å². The van der Waals surface area contributed by atoms with Crippen LogP contribution in [-0.2, 0) is 22.3 Å². The topological polar surface area (TPSA) is 72.6 Å². The van der Waals surface area contributed by atoms with Gasteiger partial charge in [-0.2, -0.15) is 0 Å². The minimum Gasteiger partial charge on any atom is -0.497 e. The largest absolute Gasteiger partial charge is 0.497 e. The van der Waals surface area contributed by atoms with Gasteiger partial charge in [0.25, 0.3) is 0 Å². The molecule has 2 aromatic carbocycles. The van der Waals surface area contributed by atoms with E-state index in [-0.39, 0.29) is 5.75 Å². The normalized spacial score (nSPS) is 15.6. The number of nitrogens with two attached hydrogens (primary N) is 1.